The third kappa shape index (κ3) is 3.81. The van der Waals surface area contributed by atoms with E-state index in [1.807, 2.05) is 6.07 Å². The molecule has 0 amide bonds. The van der Waals surface area contributed by atoms with Gasteiger partial charge in [-0.3, -0.25) is 0 Å². The minimum Gasteiger partial charge on any atom is -0.206 e. The monoisotopic (exact) mass is 398 g/mol. The van der Waals surface area contributed by atoms with Crippen LogP contribution in [-0.4, -0.2) is 0 Å². The summed E-state index contributed by atoms with van der Waals surface area (Å²) in [5, 5.41) is 0. The number of halogens is 4. The Balaban J connectivity index is 1.62. The molecule has 1 unspecified atom stereocenters. The van der Waals surface area contributed by atoms with Crippen molar-refractivity contribution in [1.29, 1.82) is 0 Å². The molecule has 3 aromatic rings. The Morgan fingerprint density at radius 1 is 0.862 bits per heavy atom. The Hall–Kier alpha value is -2.62. The Kier molecular flexibility index (Phi) is 5.44. The van der Waals surface area contributed by atoms with Crippen LogP contribution in [0.4, 0.5) is 17.6 Å². The van der Waals surface area contributed by atoms with E-state index in [1.54, 1.807) is 0 Å². The number of benzene rings is 3. The molecule has 1 aliphatic carbocycles. The number of rotatable bonds is 4. The van der Waals surface area contributed by atoms with Crippen molar-refractivity contribution in [3.05, 3.63) is 94.1 Å². The predicted molar refractivity (Wildman–Crippen MR) is 107 cm³/mol. The second-order valence-corrected chi connectivity index (χ2v) is 7.75. The molecular weight excluding hydrogens is 376 g/mol. The maximum atomic E-state index is 15.1. The third-order valence-electron chi connectivity index (χ3n) is 5.83. The summed E-state index contributed by atoms with van der Waals surface area (Å²) in [6.07, 6.45) is 4.27. The maximum absolute atomic E-state index is 15.1. The zero-order valence-electron chi connectivity index (χ0n) is 16.2. The van der Waals surface area contributed by atoms with Crippen molar-refractivity contribution >= 4 is 0 Å². The molecule has 0 saturated heterocycles. The summed E-state index contributed by atoms with van der Waals surface area (Å²) < 4.78 is 55.5. The minimum atomic E-state index is -1.54. The average Bonchev–Trinajstić information content (AvgIpc) is 2.72. The van der Waals surface area contributed by atoms with Crippen LogP contribution in [-0.2, 0) is 19.3 Å². The van der Waals surface area contributed by atoms with Crippen LogP contribution in [0.3, 0.4) is 0 Å². The highest BCUT2D eigenvalue weighted by Gasteiger charge is 2.25. The fraction of sp³-hybridized carbons (Fsp3) is 0.280. The molecule has 29 heavy (non-hydrogen) atoms. The normalized spacial score (nSPS) is 16.0. The molecule has 0 aromatic heterocycles. The van der Waals surface area contributed by atoms with Gasteiger partial charge in [-0.25, -0.2) is 17.6 Å². The van der Waals surface area contributed by atoms with Gasteiger partial charge in [-0.15, -0.1) is 0 Å². The van der Waals surface area contributed by atoms with Gasteiger partial charge in [-0.05, 0) is 71.6 Å². The minimum absolute atomic E-state index is 0.00957. The van der Waals surface area contributed by atoms with Gasteiger partial charge in [0, 0.05) is 5.56 Å². The fourth-order valence-electron chi connectivity index (χ4n) is 4.27. The van der Waals surface area contributed by atoms with Gasteiger partial charge in [-0.1, -0.05) is 49.7 Å². The summed E-state index contributed by atoms with van der Waals surface area (Å²) in [6.45, 7) is 2.16. The molecule has 4 rings (SSSR count). The van der Waals surface area contributed by atoms with Gasteiger partial charge in [0.25, 0.3) is 0 Å². The van der Waals surface area contributed by atoms with Crippen LogP contribution in [0.1, 0.15) is 47.9 Å². The zero-order valence-corrected chi connectivity index (χ0v) is 16.2. The largest absolute Gasteiger partial charge is 0.206 e. The average molecular weight is 398 g/mol. The van der Waals surface area contributed by atoms with Crippen LogP contribution < -0.4 is 0 Å². The number of aryl methyl sites for hydroxylation is 1. The molecular formula is C25H22F4. The van der Waals surface area contributed by atoms with Crippen molar-refractivity contribution in [3.63, 3.8) is 0 Å². The van der Waals surface area contributed by atoms with Crippen molar-refractivity contribution in [2.75, 3.05) is 0 Å². The summed E-state index contributed by atoms with van der Waals surface area (Å²) in [5.74, 6) is -4.32. The second-order valence-electron chi connectivity index (χ2n) is 7.75. The lowest BCUT2D eigenvalue weighted by molar-refractivity contribution is 0.447. The highest BCUT2D eigenvalue weighted by atomic mass is 19.2. The van der Waals surface area contributed by atoms with Gasteiger partial charge in [-0.2, -0.15) is 0 Å². The van der Waals surface area contributed by atoms with E-state index >= 15 is 4.39 Å². The van der Waals surface area contributed by atoms with E-state index in [9.17, 15) is 13.2 Å². The summed E-state index contributed by atoms with van der Waals surface area (Å²) in [5.41, 5.74) is 4.19. The van der Waals surface area contributed by atoms with E-state index in [0.717, 1.165) is 43.4 Å². The van der Waals surface area contributed by atoms with E-state index in [-0.39, 0.29) is 11.1 Å². The fourth-order valence-corrected chi connectivity index (χ4v) is 4.27. The molecule has 0 bridgehead atoms. The molecule has 4 heteroatoms. The number of fused-ring (bicyclic) bond motifs is 1. The van der Waals surface area contributed by atoms with Crippen molar-refractivity contribution in [1.82, 2.24) is 0 Å². The van der Waals surface area contributed by atoms with E-state index in [1.165, 1.54) is 17.2 Å². The van der Waals surface area contributed by atoms with Crippen LogP contribution in [0.15, 0.2) is 48.5 Å². The summed E-state index contributed by atoms with van der Waals surface area (Å²) in [6, 6.07) is 13.7. The summed E-state index contributed by atoms with van der Waals surface area (Å²) in [4.78, 5) is 0. The second kappa shape index (κ2) is 8.02. The first kappa shape index (κ1) is 19.7. The number of hydrogen-bond donors (Lipinski definition) is 0. The van der Waals surface area contributed by atoms with Gasteiger partial charge in [0.05, 0.1) is 0 Å². The smallest absolute Gasteiger partial charge is 0.194 e. The van der Waals surface area contributed by atoms with Gasteiger partial charge >= 0.3 is 0 Å². The molecule has 1 atom stereocenters. The lowest BCUT2D eigenvalue weighted by Crippen LogP contribution is -2.15. The van der Waals surface area contributed by atoms with E-state index in [2.05, 4.69) is 31.2 Å². The van der Waals surface area contributed by atoms with Crippen molar-refractivity contribution in [3.8, 4) is 11.1 Å². The molecule has 1 aliphatic rings. The van der Waals surface area contributed by atoms with Crippen molar-refractivity contribution in [2.45, 2.75) is 44.9 Å². The Bertz CT molecular complexity index is 1010. The van der Waals surface area contributed by atoms with Crippen LogP contribution in [0.25, 0.3) is 11.1 Å². The first-order valence-corrected chi connectivity index (χ1v) is 10.0. The molecule has 150 valence electrons. The van der Waals surface area contributed by atoms with Crippen LogP contribution >= 0.6 is 0 Å². The molecule has 0 N–H and O–H groups in total. The van der Waals surface area contributed by atoms with Gasteiger partial charge in [0.1, 0.15) is 5.82 Å². The Labute approximate surface area is 168 Å². The highest BCUT2D eigenvalue weighted by molar-refractivity contribution is 5.66. The molecule has 0 saturated carbocycles. The number of hydrogen-bond acceptors (Lipinski definition) is 0. The molecule has 0 radical (unpaired) electrons. The lowest BCUT2D eigenvalue weighted by atomic mass is 9.79. The van der Waals surface area contributed by atoms with Gasteiger partial charge < -0.3 is 0 Å². The Morgan fingerprint density at radius 2 is 1.55 bits per heavy atom. The van der Waals surface area contributed by atoms with E-state index in [4.69, 9.17) is 0 Å². The van der Waals surface area contributed by atoms with E-state index < -0.39 is 23.3 Å². The van der Waals surface area contributed by atoms with Crippen LogP contribution in [0.5, 0.6) is 0 Å². The SMILES string of the molecule is CCCc1ccc(C2CCc3c(ccc(-c4cc(F)c(F)c(F)c4)c3F)C2)cc1. The van der Waals surface area contributed by atoms with Gasteiger partial charge in [0.15, 0.2) is 17.5 Å². The molecule has 0 aliphatic heterocycles. The van der Waals surface area contributed by atoms with Crippen molar-refractivity contribution in [2.24, 2.45) is 0 Å². The molecule has 0 spiro atoms. The highest BCUT2D eigenvalue weighted by Crippen LogP contribution is 2.37. The summed E-state index contributed by atoms with van der Waals surface area (Å²) in [7, 11) is 0. The molecule has 3 aromatic carbocycles. The first-order chi connectivity index (χ1) is 14.0. The van der Waals surface area contributed by atoms with Gasteiger partial charge in [0.2, 0.25) is 0 Å². The standard InChI is InChI=1S/C25H22F4/c1-2-3-15-4-6-16(7-5-15)17-8-10-20-18(12-17)9-11-21(24(20)28)19-13-22(26)25(29)23(27)14-19/h4-7,9,11,13-14,17H,2-3,8,10,12H2,1H3. The third-order valence-corrected chi connectivity index (χ3v) is 5.83. The van der Waals surface area contributed by atoms with Crippen LogP contribution in [0, 0.1) is 23.3 Å². The molecule has 0 heterocycles. The maximum Gasteiger partial charge on any atom is 0.194 e. The molecule has 0 fully saturated rings. The predicted octanol–water partition coefficient (Wildman–Crippen LogP) is 7.14. The Morgan fingerprint density at radius 3 is 2.21 bits per heavy atom. The van der Waals surface area contributed by atoms with Crippen LogP contribution in [0.2, 0.25) is 0 Å². The van der Waals surface area contributed by atoms with Crippen molar-refractivity contribution < 1.29 is 17.6 Å². The summed E-state index contributed by atoms with van der Waals surface area (Å²) >= 11 is 0. The lowest BCUT2D eigenvalue weighted by Gasteiger charge is -2.26. The quantitative estimate of drug-likeness (QED) is 0.324. The first-order valence-electron chi connectivity index (χ1n) is 10.0. The zero-order chi connectivity index (χ0) is 20.5. The van der Waals surface area contributed by atoms with E-state index in [0.29, 0.717) is 17.9 Å². The molecule has 0 nitrogen and oxygen atoms in total. The topological polar surface area (TPSA) is 0 Å².